The zero-order valence-electron chi connectivity index (χ0n) is 18.4. The maximum absolute atomic E-state index is 11.9. The molecule has 1 aliphatic carbocycles. The van der Waals surface area contributed by atoms with Crippen LogP contribution in [0.1, 0.15) is 18.5 Å². The Morgan fingerprint density at radius 1 is 0.971 bits per heavy atom. The maximum Gasteiger partial charge on any atom is 0.165 e. The van der Waals surface area contributed by atoms with Crippen molar-refractivity contribution in [1.29, 1.82) is 0 Å². The number of sulfone groups is 1. The highest BCUT2D eigenvalue weighted by molar-refractivity contribution is 7.91. The first-order valence-electron chi connectivity index (χ1n) is 11.0. The number of hydrogen-bond donors (Lipinski definition) is 1. The van der Waals surface area contributed by atoms with E-state index in [0.29, 0.717) is 56.1 Å². The van der Waals surface area contributed by atoms with E-state index in [4.69, 9.17) is 56.5 Å². The first kappa shape index (κ1) is 24.9. The van der Waals surface area contributed by atoms with Crippen LogP contribution in [0.25, 0.3) is 16.9 Å². The number of aromatic nitrogens is 2. The molecule has 1 N–H and O–H groups in total. The molecule has 2 heterocycles. The van der Waals surface area contributed by atoms with Crippen LogP contribution in [0.5, 0.6) is 0 Å². The van der Waals surface area contributed by atoms with E-state index in [1.807, 2.05) is 17.1 Å². The normalized spacial score (nSPS) is 18.6. The van der Waals surface area contributed by atoms with E-state index < -0.39 is 9.84 Å². The van der Waals surface area contributed by atoms with Crippen LogP contribution in [0.2, 0.25) is 20.1 Å². The molecule has 184 valence electrons. The summed E-state index contributed by atoms with van der Waals surface area (Å²) in [5.41, 5.74) is 5.74. The topological polar surface area (TPSA) is 79.6 Å². The van der Waals surface area contributed by atoms with Gasteiger partial charge in [-0.05, 0) is 43.2 Å². The third-order valence-corrected chi connectivity index (χ3v) is 8.53. The van der Waals surface area contributed by atoms with Gasteiger partial charge in [0.15, 0.2) is 15.7 Å². The second-order valence-corrected chi connectivity index (χ2v) is 12.4. The third kappa shape index (κ3) is 5.63. The maximum atomic E-state index is 11.9. The molecule has 12 heteroatoms. The molecule has 0 radical (unpaired) electrons. The zero-order chi connectivity index (χ0) is 24.7. The molecule has 2 aromatic carbocycles. The second kappa shape index (κ2) is 9.92. The number of rotatable bonds is 5. The van der Waals surface area contributed by atoms with Gasteiger partial charge in [0.05, 0.1) is 39.0 Å². The van der Waals surface area contributed by atoms with Crippen LogP contribution >= 0.6 is 46.4 Å². The van der Waals surface area contributed by atoms with Gasteiger partial charge in [0.25, 0.3) is 0 Å². The van der Waals surface area contributed by atoms with Gasteiger partial charge in [-0.15, -0.1) is 0 Å². The molecule has 1 saturated heterocycles. The van der Waals surface area contributed by atoms with Gasteiger partial charge in [-0.2, -0.15) is 5.10 Å². The van der Waals surface area contributed by atoms with Crippen molar-refractivity contribution in [3.63, 3.8) is 0 Å². The van der Waals surface area contributed by atoms with E-state index in [1.165, 1.54) is 0 Å². The van der Waals surface area contributed by atoms with Gasteiger partial charge in [0.1, 0.15) is 5.69 Å². The van der Waals surface area contributed by atoms with Gasteiger partial charge in [0, 0.05) is 28.7 Å². The largest absolute Gasteiger partial charge is 0.301 e. The highest BCUT2D eigenvalue weighted by Gasteiger charge is 2.29. The summed E-state index contributed by atoms with van der Waals surface area (Å²) in [6.07, 6.45) is 1.95. The fourth-order valence-corrected chi connectivity index (χ4v) is 5.87. The van der Waals surface area contributed by atoms with Crippen molar-refractivity contribution in [2.45, 2.75) is 18.9 Å². The summed E-state index contributed by atoms with van der Waals surface area (Å²) in [5, 5.41) is 8.57. The smallest absolute Gasteiger partial charge is 0.165 e. The molecule has 0 unspecified atom stereocenters. The summed E-state index contributed by atoms with van der Waals surface area (Å²) in [6.45, 7) is 0.689. The molecule has 0 spiro atoms. The van der Waals surface area contributed by atoms with Gasteiger partial charge in [-0.3, -0.25) is 4.99 Å². The van der Waals surface area contributed by atoms with Crippen LogP contribution in [0.4, 0.5) is 0 Å². The van der Waals surface area contributed by atoms with Crippen molar-refractivity contribution < 1.29 is 8.42 Å². The molecule has 2 fully saturated rings. The fraction of sp³-hybridized carbons (Fsp3) is 0.304. The van der Waals surface area contributed by atoms with Crippen LogP contribution in [0, 0.1) is 0 Å². The Bertz CT molecular complexity index is 1390. The van der Waals surface area contributed by atoms with Crippen molar-refractivity contribution >= 4 is 62.1 Å². The van der Waals surface area contributed by atoms with Crippen molar-refractivity contribution in [2.24, 2.45) is 4.99 Å². The van der Waals surface area contributed by atoms with E-state index in [0.717, 1.165) is 18.4 Å². The van der Waals surface area contributed by atoms with E-state index in [-0.39, 0.29) is 17.5 Å². The van der Waals surface area contributed by atoms with Crippen molar-refractivity contribution in [1.82, 2.24) is 20.2 Å². The number of nitrogens with one attached hydrogen (secondary N) is 1. The Morgan fingerprint density at radius 3 is 2.26 bits per heavy atom. The Balaban J connectivity index is 1.61. The molecule has 0 bridgehead atoms. The summed E-state index contributed by atoms with van der Waals surface area (Å²) in [7, 11) is -3.03. The first-order chi connectivity index (χ1) is 16.7. The number of amidine groups is 1. The molecule has 1 aromatic heterocycles. The van der Waals surface area contributed by atoms with Crippen LogP contribution in [-0.4, -0.2) is 59.7 Å². The average molecular weight is 573 g/mol. The molecule has 3 aromatic rings. The Morgan fingerprint density at radius 2 is 1.63 bits per heavy atom. The Hall–Kier alpha value is -1.81. The predicted molar refractivity (Wildman–Crippen MR) is 142 cm³/mol. The SMILES string of the molecule is O=S1(=O)CCN(NC(=NC2CC2)c2nn(-c3ccc(Cl)cc3Cl)c(-c3ccc(Cl)cc3)c2Cl)CC1. The predicted octanol–water partition coefficient (Wildman–Crippen LogP) is 5.30. The molecule has 0 amide bonds. The lowest BCUT2D eigenvalue weighted by Crippen LogP contribution is -2.50. The fourth-order valence-electron chi connectivity index (χ4n) is 3.74. The Labute approximate surface area is 223 Å². The zero-order valence-corrected chi connectivity index (χ0v) is 22.2. The third-order valence-electron chi connectivity index (χ3n) is 5.77. The Kier molecular flexibility index (Phi) is 7.05. The molecule has 0 atom stereocenters. The van der Waals surface area contributed by atoms with Gasteiger partial charge >= 0.3 is 0 Å². The highest BCUT2D eigenvalue weighted by Crippen LogP contribution is 2.37. The summed E-state index contributed by atoms with van der Waals surface area (Å²) in [5.74, 6) is 0.653. The lowest BCUT2D eigenvalue weighted by Gasteiger charge is -2.28. The van der Waals surface area contributed by atoms with Gasteiger partial charge in [-0.1, -0.05) is 58.5 Å². The molecular formula is C23H21Cl4N5O2S. The molecule has 1 saturated carbocycles. The van der Waals surface area contributed by atoms with E-state index in [2.05, 4.69) is 5.43 Å². The quantitative estimate of drug-likeness (QED) is 0.331. The van der Waals surface area contributed by atoms with Gasteiger partial charge in [0.2, 0.25) is 0 Å². The minimum Gasteiger partial charge on any atom is -0.301 e. The van der Waals surface area contributed by atoms with Crippen molar-refractivity contribution in [3.8, 4) is 16.9 Å². The summed E-state index contributed by atoms with van der Waals surface area (Å²) >= 11 is 25.8. The lowest BCUT2D eigenvalue weighted by atomic mass is 10.1. The molecule has 1 aliphatic heterocycles. The summed E-state index contributed by atoms with van der Waals surface area (Å²) < 4.78 is 25.4. The van der Waals surface area contributed by atoms with Crippen LogP contribution in [0.15, 0.2) is 47.5 Å². The standard InChI is InChI=1S/C23H21Cl4N5O2S/c24-15-3-1-14(2-4-15)22-20(27)21(29-32(22)19-8-5-16(25)13-18(19)26)23(28-17-6-7-17)30-31-9-11-35(33,34)12-10-31/h1-5,8,13,17H,6-7,9-12H2,(H,28,30). The second-order valence-electron chi connectivity index (χ2n) is 8.49. The van der Waals surface area contributed by atoms with Crippen LogP contribution in [-0.2, 0) is 9.84 Å². The van der Waals surface area contributed by atoms with Crippen LogP contribution < -0.4 is 5.43 Å². The van der Waals surface area contributed by atoms with E-state index in [1.54, 1.807) is 35.0 Å². The lowest BCUT2D eigenvalue weighted by molar-refractivity contribution is 0.255. The average Bonchev–Trinajstić information content (AvgIpc) is 3.56. The molecule has 7 nitrogen and oxygen atoms in total. The number of hydrogen-bond acceptors (Lipinski definition) is 5. The highest BCUT2D eigenvalue weighted by atomic mass is 35.5. The van der Waals surface area contributed by atoms with E-state index >= 15 is 0 Å². The number of hydrazine groups is 1. The van der Waals surface area contributed by atoms with Gasteiger partial charge in [-0.25, -0.2) is 18.1 Å². The molecular weight excluding hydrogens is 552 g/mol. The monoisotopic (exact) mass is 571 g/mol. The van der Waals surface area contributed by atoms with Crippen LogP contribution in [0.3, 0.4) is 0 Å². The number of halogens is 4. The summed E-state index contributed by atoms with van der Waals surface area (Å²) in [4.78, 5) is 4.82. The molecule has 35 heavy (non-hydrogen) atoms. The van der Waals surface area contributed by atoms with Crippen molar-refractivity contribution in [3.05, 3.63) is 68.2 Å². The number of nitrogens with zero attached hydrogens (tertiary/aromatic N) is 4. The molecule has 2 aliphatic rings. The number of aliphatic imine (C=N–C) groups is 1. The van der Waals surface area contributed by atoms with Crippen molar-refractivity contribution in [2.75, 3.05) is 24.6 Å². The minimum absolute atomic E-state index is 0.0787. The minimum atomic E-state index is -3.03. The van der Waals surface area contributed by atoms with Gasteiger partial charge < -0.3 is 5.43 Å². The summed E-state index contributed by atoms with van der Waals surface area (Å²) in [6, 6.07) is 12.6. The van der Waals surface area contributed by atoms with E-state index in [9.17, 15) is 8.42 Å². The number of benzene rings is 2. The first-order valence-corrected chi connectivity index (χ1v) is 14.3. The molecule has 5 rings (SSSR count).